The van der Waals surface area contributed by atoms with Crippen molar-refractivity contribution in [3.05, 3.63) is 57.3 Å². The van der Waals surface area contributed by atoms with Crippen molar-refractivity contribution in [2.45, 2.75) is 0 Å². The van der Waals surface area contributed by atoms with Crippen LogP contribution in [0.15, 0.2) is 40.9 Å². The monoisotopic (exact) mass is 357 g/mol. The average Bonchev–Trinajstić information content (AvgIpc) is 2.43. The van der Waals surface area contributed by atoms with Gasteiger partial charge in [0.2, 0.25) is 0 Å². The zero-order chi connectivity index (χ0) is 14.7. The molecule has 104 valence electrons. The van der Waals surface area contributed by atoms with Gasteiger partial charge in [-0.15, -0.1) is 0 Å². The summed E-state index contributed by atoms with van der Waals surface area (Å²) in [6.07, 6.45) is 0. The van der Waals surface area contributed by atoms with E-state index in [9.17, 15) is 9.18 Å². The smallest absolute Gasteiger partial charge is 0.258 e. The molecule has 1 N–H and O–H groups in total. The van der Waals surface area contributed by atoms with Gasteiger partial charge in [0.1, 0.15) is 11.6 Å². The first-order chi connectivity index (χ1) is 9.52. The van der Waals surface area contributed by atoms with Gasteiger partial charge in [0.05, 0.1) is 27.9 Å². The lowest BCUT2D eigenvalue weighted by Crippen LogP contribution is -2.14. The van der Waals surface area contributed by atoms with Gasteiger partial charge in [-0.2, -0.15) is 0 Å². The number of rotatable bonds is 3. The molecule has 0 unspecified atom stereocenters. The lowest BCUT2D eigenvalue weighted by Gasteiger charge is -2.09. The number of hydrogen-bond donors (Lipinski definition) is 1. The van der Waals surface area contributed by atoms with E-state index in [0.29, 0.717) is 20.9 Å². The quantitative estimate of drug-likeness (QED) is 0.877. The van der Waals surface area contributed by atoms with Crippen LogP contribution in [-0.2, 0) is 0 Å². The van der Waals surface area contributed by atoms with Crippen LogP contribution in [0.5, 0.6) is 5.75 Å². The predicted molar refractivity (Wildman–Crippen MR) is 80.1 cm³/mol. The van der Waals surface area contributed by atoms with Gasteiger partial charge in [-0.25, -0.2) is 4.39 Å². The maximum absolute atomic E-state index is 13.8. The highest BCUT2D eigenvalue weighted by molar-refractivity contribution is 9.10. The topological polar surface area (TPSA) is 38.3 Å². The molecule has 1 amide bonds. The van der Waals surface area contributed by atoms with Gasteiger partial charge in [0.15, 0.2) is 0 Å². The summed E-state index contributed by atoms with van der Waals surface area (Å²) in [6.45, 7) is 0. The zero-order valence-electron chi connectivity index (χ0n) is 10.4. The van der Waals surface area contributed by atoms with Gasteiger partial charge in [0, 0.05) is 6.07 Å². The van der Waals surface area contributed by atoms with E-state index in [4.69, 9.17) is 16.3 Å². The molecule has 0 spiro atoms. The molecule has 0 saturated heterocycles. The van der Waals surface area contributed by atoms with Crippen molar-refractivity contribution in [1.29, 1.82) is 0 Å². The highest BCUT2D eigenvalue weighted by Gasteiger charge is 2.14. The molecule has 6 heteroatoms. The van der Waals surface area contributed by atoms with Crippen LogP contribution in [0.4, 0.5) is 10.1 Å². The van der Waals surface area contributed by atoms with Crippen LogP contribution in [0.2, 0.25) is 5.02 Å². The Balaban J connectivity index is 2.26. The Morgan fingerprint density at radius 2 is 2.10 bits per heavy atom. The molecule has 0 aliphatic heterocycles. The van der Waals surface area contributed by atoms with Gasteiger partial charge in [-0.1, -0.05) is 17.7 Å². The van der Waals surface area contributed by atoms with Crippen molar-refractivity contribution >= 4 is 39.1 Å². The fourth-order valence-corrected chi connectivity index (χ4v) is 2.13. The van der Waals surface area contributed by atoms with Gasteiger partial charge in [0.25, 0.3) is 5.91 Å². The van der Waals surface area contributed by atoms with Crippen molar-refractivity contribution in [3.63, 3.8) is 0 Å². The van der Waals surface area contributed by atoms with Gasteiger partial charge >= 0.3 is 0 Å². The van der Waals surface area contributed by atoms with E-state index < -0.39 is 11.7 Å². The summed E-state index contributed by atoms with van der Waals surface area (Å²) in [6, 6.07) is 9.06. The maximum Gasteiger partial charge on any atom is 0.258 e. The number of ether oxygens (including phenoxy) is 1. The summed E-state index contributed by atoms with van der Waals surface area (Å²) in [7, 11) is 1.43. The Morgan fingerprint density at radius 3 is 2.75 bits per heavy atom. The van der Waals surface area contributed by atoms with Crippen molar-refractivity contribution in [2.24, 2.45) is 0 Å². The molecule has 0 bridgehead atoms. The van der Waals surface area contributed by atoms with Crippen LogP contribution in [-0.4, -0.2) is 13.0 Å². The molecule has 3 nitrogen and oxygen atoms in total. The summed E-state index contributed by atoms with van der Waals surface area (Å²) in [5.41, 5.74) is 0.399. The second-order valence-electron chi connectivity index (χ2n) is 3.90. The second kappa shape index (κ2) is 6.24. The minimum Gasteiger partial charge on any atom is -0.497 e. The van der Waals surface area contributed by atoms with Crippen LogP contribution < -0.4 is 10.1 Å². The number of halogens is 3. The SMILES string of the molecule is COc1ccc(C(=O)Nc2cccc(Cl)c2Br)c(F)c1. The molecule has 0 radical (unpaired) electrons. The Kier molecular flexibility index (Phi) is 4.62. The fourth-order valence-electron chi connectivity index (χ4n) is 1.60. The second-order valence-corrected chi connectivity index (χ2v) is 5.10. The van der Waals surface area contributed by atoms with E-state index in [1.165, 1.54) is 19.2 Å². The minimum absolute atomic E-state index is 0.0716. The maximum atomic E-state index is 13.8. The first-order valence-electron chi connectivity index (χ1n) is 5.62. The molecule has 0 atom stereocenters. The Morgan fingerprint density at radius 1 is 1.35 bits per heavy atom. The Labute approximate surface area is 128 Å². The number of nitrogens with one attached hydrogen (secondary N) is 1. The molecule has 0 aliphatic carbocycles. The van der Waals surface area contributed by atoms with E-state index in [1.54, 1.807) is 18.2 Å². The number of hydrogen-bond acceptors (Lipinski definition) is 2. The summed E-state index contributed by atoms with van der Waals surface area (Å²) >= 11 is 9.19. The van der Waals surface area contributed by atoms with E-state index in [1.807, 2.05) is 0 Å². The molecule has 0 heterocycles. The number of anilines is 1. The highest BCUT2D eigenvalue weighted by Crippen LogP contribution is 2.30. The van der Waals surface area contributed by atoms with Crippen molar-refractivity contribution in [3.8, 4) is 5.75 Å². The number of methoxy groups -OCH3 is 1. The third-order valence-corrected chi connectivity index (χ3v) is 4.02. The van der Waals surface area contributed by atoms with Gasteiger partial charge in [-0.3, -0.25) is 4.79 Å². The largest absolute Gasteiger partial charge is 0.497 e. The van der Waals surface area contributed by atoms with Gasteiger partial charge in [-0.05, 0) is 40.2 Å². The third kappa shape index (κ3) is 3.11. The molecule has 0 aliphatic rings. The van der Waals surface area contributed by atoms with Crippen LogP contribution in [0, 0.1) is 5.82 Å². The van der Waals surface area contributed by atoms with Crippen LogP contribution in [0.1, 0.15) is 10.4 Å². The number of amides is 1. The molecule has 20 heavy (non-hydrogen) atoms. The van der Waals surface area contributed by atoms with Crippen LogP contribution in [0.25, 0.3) is 0 Å². The zero-order valence-corrected chi connectivity index (χ0v) is 12.8. The fraction of sp³-hybridized carbons (Fsp3) is 0.0714. The molecular weight excluding hydrogens is 349 g/mol. The minimum atomic E-state index is -0.653. The first kappa shape index (κ1) is 14.8. The Hall–Kier alpha value is -1.59. The highest BCUT2D eigenvalue weighted by atomic mass is 79.9. The lowest BCUT2D eigenvalue weighted by molar-refractivity contribution is 0.102. The molecule has 2 rings (SSSR count). The van der Waals surface area contributed by atoms with E-state index >= 15 is 0 Å². The molecular formula is C14H10BrClFNO2. The van der Waals surface area contributed by atoms with Crippen LogP contribution >= 0.6 is 27.5 Å². The normalized spacial score (nSPS) is 10.2. The Bertz CT molecular complexity index is 664. The number of benzene rings is 2. The van der Waals surface area contributed by atoms with E-state index in [2.05, 4.69) is 21.2 Å². The lowest BCUT2D eigenvalue weighted by atomic mass is 10.2. The summed E-state index contributed by atoms with van der Waals surface area (Å²) in [4.78, 5) is 12.0. The van der Waals surface area contributed by atoms with E-state index in [0.717, 1.165) is 6.07 Å². The third-order valence-electron chi connectivity index (χ3n) is 2.62. The molecule has 2 aromatic rings. The first-order valence-corrected chi connectivity index (χ1v) is 6.79. The summed E-state index contributed by atoms with van der Waals surface area (Å²) < 4.78 is 19.2. The van der Waals surface area contributed by atoms with E-state index in [-0.39, 0.29) is 5.56 Å². The molecule has 0 saturated carbocycles. The van der Waals surface area contributed by atoms with Crippen molar-refractivity contribution in [2.75, 3.05) is 12.4 Å². The molecule has 2 aromatic carbocycles. The van der Waals surface area contributed by atoms with Crippen molar-refractivity contribution < 1.29 is 13.9 Å². The predicted octanol–water partition coefficient (Wildman–Crippen LogP) is 4.50. The molecule has 0 fully saturated rings. The summed E-state index contributed by atoms with van der Waals surface area (Å²) in [5.74, 6) is -0.865. The van der Waals surface area contributed by atoms with Crippen molar-refractivity contribution in [1.82, 2.24) is 0 Å². The van der Waals surface area contributed by atoms with Gasteiger partial charge < -0.3 is 10.1 Å². The number of carbonyl (C=O) groups is 1. The summed E-state index contributed by atoms with van der Waals surface area (Å²) in [5, 5.41) is 3.05. The number of carbonyl (C=O) groups excluding carboxylic acids is 1. The van der Waals surface area contributed by atoms with Crippen LogP contribution in [0.3, 0.4) is 0 Å². The average molecular weight is 359 g/mol. The molecule has 0 aromatic heterocycles. The standard InChI is InChI=1S/C14H10BrClFNO2/c1-20-8-5-6-9(11(17)7-8)14(19)18-12-4-2-3-10(16)13(12)15/h2-7H,1H3,(H,18,19).